The summed E-state index contributed by atoms with van der Waals surface area (Å²) in [7, 11) is 1.84. The van der Waals surface area contributed by atoms with Crippen LogP contribution in [0, 0.1) is 0 Å². The number of hydrogen-bond acceptors (Lipinski definition) is 3. The fourth-order valence-corrected chi connectivity index (χ4v) is 1.62. The minimum Gasteiger partial charge on any atom is -0.480 e. The molecule has 0 fully saturated rings. The summed E-state index contributed by atoms with van der Waals surface area (Å²) in [5, 5.41) is 5.74. The number of carbonyl (C=O) groups is 1. The molecule has 1 aromatic rings. The Morgan fingerprint density at radius 2 is 2.12 bits per heavy atom. The van der Waals surface area contributed by atoms with Crippen LogP contribution in [0.5, 0.6) is 5.75 Å². The predicted molar refractivity (Wildman–Crippen MR) is 71.2 cm³/mol. The molecule has 0 heterocycles. The molecule has 0 aromatic heterocycles. The van der Waals surface area contributed by atoms with Crippen molar-refractivity contribution in [3.63, 3.8) is 0 Å². The summed E-state index contributed by atoms with van der Waals surface area (Å²) < 4.78 is 6.40. The van der Waals surface area contributed by atoms with Crippen LogP contribution in [0.3, 0.4) is 0 Å². The first-order valence-corrected chi connectivity index (χ1v) is 6.28. The lowest BCUT2D eigenvalue weighted by molar-refractivity contribution is -0.127. The first-order chi connectivity index (χ1) is 8.15. The zero-order valence-corrected chi connectivity index (χ0v) is 11.6. The van der Waals surface area contributed by atoms with Crippen LogP contribution in [0.25, 0.3) is 0 Å². The van der Waals surface area contributed by atoms with Crippen molar-refractivity contribution < 1.29 is 9.53 Å². The SMILES string of the molecule is CNCCNC(=O)C(C)Oc1ccccc1Br. The van der Waals surface area contributed by atoms with E-state index in [1.165, 1.54) is 0 Å². The fourth-order valence-electron chi connectivity index (χ4n) is 1.24. The van der Waals surface area contributed by atoms with Gasteiger partial charge in [0, 0.05) is 13.1 Å². The third kappa shape index (κ3) is 4.75. The van der Waals surface area contributed by atoms with Crippen molar-refractivity contribution in [3.05, 3.63) is 28.7 Å². The predicted octanol–water partition coefficient (Wildman–Crippen LogP) is 1.55. The first-order valence-electron chi connectivity index (χ1n) is 5.48. The number of halogens is 1. The van der Waals surface area contributed by atoms with E-state index in [9.17, 15) is 4.79 Å². The van der Waals surface area contributed by atoms with Crippen LogP contribution in [0.1, 0.15) is 6.92 Å². The molecule has 4 nitrogen and oxygen atoms in total. The molecule has 1 amide bonds. The lowest BCUT2D eigenvalue weighted by atomic mass is 10.3. The van der Waals surface area contributed by atoms with E-state index >= 15 is 0 Å². The Morgan fingerprint density at radius 3 is 2.76 bits per heavy atom. The van der Waals surface area contributed by atoms with Gasteiger partial charge in [0.15, 0.2) is 6.10 Å². The Balaban J connectivity index is 2.46. The summed E-state index contributed by atoms with van der Waals surface area (Å²) in [6.45, 7) is 3.07. The molecular formula is C12H17BrN2O2. The number of hydrogen-bond donors (Lipinski definition) is 2. The van der Waals surface area contributed by atoms with Gasteiger partial charge in [-0.05, 0) is 42.0 Å². The number of amides is 1. The highest BCUT2D eigenvalue weighted by Crippen LogP contribution is 2.24. The molecule has 0 bridgehead atoms. The van der Waals surface area contributed by atoms with Crippen LogP contribution < -0.4 is 15.4 Å². The van der Waals surface area contributed by atoms with E-state index in [-0.39, 0.29) is 5.91 Å². The van der Waals surface area contributed by atoms with E-state index in [4.69, 9.17) is 4.74 Å². The van der Waals surface area contributed by atoms with Crippen molar-refractivity contribution in [1.82, 2.24) is 10.6 Å². The third-order valence-electron chi connectivity index (χ3n) is 2.18. The zero-order chi connectivity index (χ0) is 12.7. The molecule has 0 spiro atoms. The summed E-state index contributed by atoms with van der Waals surface area (Å²) in [4.78, 5) is 11.7. The Morgan fingerprint density at radius 1 is 1.41 bits per heavy atom. The highest BCUT2D eigenvalue weighted by atomic mass is 79.9. The quantitative estimate of drug-likeness (QED) is 0.784. The first kappa shape index (κ1) is 14.0. The molecule has 1 aromatic carbocycles. The Bertz CT molecular complexity index is 371. The molecule has 1 rings (SSSR count). The van der Waals surface area contributed by atoms with E-state index in [2.05, 4.69) is 26.6 Å². The number of ether oxygens (including phenoxy) is 1. The van der Waals surface area contributed by atoms with Gasteiger partial charge in [0.05, 0.1) is 4.47 Å². The van der Waals surface area contributed by atoms with E-state index < -0.39 is 6.10 Å². The van der Waals surface area contributed by atoms with Gasteiger partial charge in [-0.2, -0.15) is 0 Å². The fraction of sp³-hybridized carbons (Fsp3) is 0.417. The minimum absolute atomic E-state index is 0.115. The molecule has 17 heavy (non-hydrogen) atoms. The monoisotopic (exact) mass is 300 g/mol. The summed E-state index contributed by atoms with van der Waals surface area (Å²) in [6.07, 6.45) is -0.509. The smallest absolute Gasteiger partial charge is 0.260 e. The molecule has 2 N–H and O–H groups in total. The number of likely N-dealkylation sites (N-methyl/N-ethyl adjacent to an activating group) is 1. The van der Waals surface area contributed by atoms with Gasteiger partial charge in [-0.15, -0.1) is 0 Å². The summed E-state index contributed by atoms with van der Waals surface area (Å²) in [5.41, 5.74) is 0. The van der Waals surface area contributed by atoms with E-state index in [1.54, 1.807) is 6.92 Å². The van der Waals surface area contributed by atoms with Gasteiger partial charge in [-0.3, -0.25) is 4.79 Å². The lowest BCUT2D eigenvalue weighted by Crippen LogP contribution is -2.39. The second kappa shape index (κ2) is 7.29. The van der Waals surface area contributed by atoms with E-state index in [0.717, 1.165) is 11.0 Å². The standard InChI is InChI=1S/C12H17BrN2O2/c1-9(12(16)15-8-7-14-2)17-11-6-4-3-5-10(11)13/h3-6,9,14H,7-8H2,1-2H3,(H,15,16). The van der Waals surface area contributed by atoms with E-state index in [1.807, 2.05) is 31.3 Å². The topological polar surface area (TPSA) is 50.4 Å². The van der Waals surface area contributed by atoms with Gasteiger partial charge in [-0.25, -0.2) is 0 Å². The Labute approximate surface area is 110 Å². The van der Waals surface area contributed by atoms with Crippen molar-refractivity contribution in [2.24, 2.45) is 0 Å². The summed E-state index contributed by atoms with van der Waals surface area (Å²) in [6, 6.07) is 7.46. The molecule has 1 atom stereocenters. The Hall–Kier alpha value is -1.07. The number of benzene rings is 1. The number of rotatable bonds is 6. The highest BCUT2D eigenvalue weighted by Gasteiger charge is 2.14. The van der Waals surface area contributed by atoms with Crippen LogP contribution in [0.4, 0.5) is 0 Å². The normalized spacial score (nSPS) is 11.9. The maximum atomic E-state index is 11.7. The number of nitrogens with one attached hydrogen (secondary N) is 2. The van der Waals surface area contributed by atoms with Gasteiger partial charge in [0.25, 0.3) is 5.91 Å². The highest BCUT2D eigenvalue weighted by molar-refractivity contribution is 9.10. The van der Waals surface area contributed by atoms with Crippen LogP contribution >= 0.6 is 15.9 Å². The van der Waals surface area contributed by atoms with E-state index in [0.29, 0.717) is 12.3 Å². The van der Waals surface area contributed by atoms with Gasteiger partial charge in [0.2, 0.25) is 0 Å². The molecule has 5 heteroatoms. The van der Waals surface area contributed by atoms with Crippen LogP contribution in [0.15, 0.2) is 28.7 Å². The second-order valence-corrected chi connectivity index (χ2v) is 4.44. The van der Waals surface area contributed by atoms with Gasteiger partial charge >= 0.3 is 0 Å². The summed E-state index contributed by atoms with van der Waals surface area (Å²) >= 11 is 3.37. The molecule has 0 saturated carbocycles. The summed E-state index contributed by atoms with van der Waals surface area (Å²) in [5.74, 6) is 0.555. The molecule has 0 aliphatic heterocycles. The van der Waals surface area contributed by atoms with Crippen LogP contribution in [-0.4, -0.2) is 32.1 Å². The van der Waals surface area contributed by atoms with Gasteiger partial charge in [-0.1, -0.05) is 12.1 Å². The van der Waals surface area contributed by atoms with Gasteiger partial charge in [0.1, 0.15) is 5.75 Å². The van der Waals surface area contributed by atoms with Crippen LogP contribution in [-0.2, 0) is 4.79 Å². The molecule has 0 radical (unpaired) electrons. The van der Waals surface area contributed by atoms with Crippen molar-refractivity contribution in [1.29, 1.82) is 0 Å². The van der Waals surface area contributed by atoms with Crippen molar-refractivity contribution in [3.8, 4) is 5.75 Å². The van der Waals surface area contributed by atoms with Gasteiger partial charge < -0.3 is 15.4 Å². The molecular weight excluding hydrogens is 284 g/mol. The average molecular weight is 301 g/mol. The minimum atomic E-state index is -0.509. The maximum Gasteiger partial charge on any atom is 0.260 e. The van der Waals surface area contributed by atoms with Crippen LogP contribution in [0.2, 0.25) is 0 Å². The van der Waals surface area contributed by atoms with Crippen molar-refractivity contribution >= 4 is 21.8 Å². The lowest BCUT2D eigenvalue weighted by Gasteiger charge is -2.15. The largest absolute Gasteiger partial charge is 0.480 e. The molecule has 94 valence electrons. The molecule has 1 unspecified atom stereocenters. The van der Waals surface area contributed by atoms with Crippen molar-refractivity contribution in [2.75, 3.05) is 20.1 Å². The second-order valence-electron chi connectivity index (χ2n) is 3.59. The number of carbonyl (C=O) groups excluding carboxylic acids is 1. The maximum absolute atomic E-state index is 11.7. The zero-order valence-electron chi connectivity index (χ0n) is 10.00. The van der Waals surface area contributed by atoms with Crippen molar-refractivity contribution in [2.45, 2.75) is 13.0 Å². The molecule has 0 aliphatic rings. The average Bonchev–Trinajstić information content (AvgIpc) is 2.32. The third-order valence-corrected chi connectivity index (χ3v) is 2.84. The Kier molecular flexibility index (Phi) is 6.00. The molecule has 0 saturated heterocycles. The molecule has 0 aliphatic carbocycles. The number of para-hydroxylation sites is 1.